The smallest absolute Gasteiger partial charge is 0.243 e. The second kappa shape index (κ2) is 5.39. The first-order valence-corrected chi connectivity index (χ1v) is 7.06. The summed E-state index contributed by atoms with van der Waals surface area (Å²) in [6.45, 7) is 6.23. The molecule has 4 heteroatoms. The molecular weight excluding hydrogens is 226 g/mol. The van der Waals surface area contributed by atoms with Gasteiger partial charge in [0.2, 0.25) is 5.89 Å². The van der Waals surface area contributed by atoms with Crippen LogP contribution in [0.1, 0.15) is 77.1 Å². The van der Waals surface area contributed by atoms with Gasteiger partial charge >= 0.3 is 0 Å². The van der Waals surface area contributed by atoms with Crippen LogP contribution in [0, 0.1) is 5.92 Å². The van der Waals surface area contributed by atoms with Crippen molar-refractivity contribution in [1.29, 1.82) is 0 Å². The van der Waals surface area contributed by atoms with E-state index in [4.69, 9.17) is 10.3 Å². The predicted octanol–water partition coefficient (Wildman–Crippen LogP) is 3.34. The molecule has 0 bridgehead atoms. The Balaban J connectivity index is 1.96. The highest BCUT2D eigenvalue weighted by molar-refractivity contribution is 5.02. The first-order chi connectivity index (χ1) is 8.47. The van der Waals surface area contributed by atoms with Gasteiger partial charge in [-0.25, -0.2) is 0 Å². The summed E-state index contributed by atoms with van der Waals surface area (Å²) in [5.74, 6) is 2.08. The van der Waals surface area contributed by atoms with E-state index in [0.717, 1.165) is 18.2 Å². The molecule has 1 aliphatic rings. The van der Waals surface area contributed by atoms with Gasteiger partial charge in [-0.2, -0.15) is 4.98 Å². The molecule has 0 saturated heterocycles. The summed E-state index contributed by atoms with van der Waals surface area (Å²) >= 11 is 0. The van der Waals surface area contributed by atoms with E-state index in [9.17, 15) is 0 Å². The molecule has 1 unspecified atom stereocenters. The Kier molecular flexibility index (Phi) is 4.05. The van der Waals surface area contributed by atoms with Crippen LogP contribution in [-0.2, 0) is 5.41 Å². The van der Waals surface area contributed by atoms with Crippen molar-refractivity contribution in [3.63, 3.8) is 0 Å². The van der Waals surface area contributed by atoms with E-state index in [0.29, 0.717) is 5.89 Å². The van der Waals surface area contributed by atoms with Gasteiger partial charge < -0.3 is 10.3 Å². The zero-order chi connectivity index (χ0) is 13.2. The fourth-order valence-electron chi connectivity index (χ4n) is 2.57. The second-order valence-electron chi connectivity index (χ2n) is 6.55. The number of aromatic nitrogens is 2. The maximum Gasteiger partial charge on any atom is 0.243 e. The van der Waals surface area contributed by atoms with Gasteiger partial charge in [-0.1, -0.05) is 58.0 Å². The molecule has 0 aromatic carbocycles. The Labute approximate surface area is 109 Å². The molecule has 1 aromatic rings. The van der Waals surface area contributed by atoms with E-state index in [1.807, 2.05) is 0 Å². The van der Waals surface area contributed by atoms with E-state index in [1.54, 1.807) is 0 Å². The predicted molar refractivity (Wildman–Crippen MR) is 71.1 cm³/mol. The molecule has 0 spiro atoms. The Bertz CT molecular complexity index is 375. The maximum absolute atomic E-state index is 6.19. The molecule has 2 rings (SSSR count). The molecule has 1 saturated carbocycles. The molecule has 0 amide bonds. The molecule has 0 radical (unpaired) electrons. The molecule has 0 aliphatic heterocycles. The van der Waals surface area contributed by atoms with Crippen molar-refractivity contribution in [3.05, 3.63) is 11.7 Å². The lowest BCUT2D eigenvalue weighted by Gasteiger charge is -2.23. The van der Waals surface area contributed by atoms with E-state index in [-0.39, 0.29) is 11.5 Å². The molecule has 2 N–H and O–H groups in total. The number of nitrogens with two attached hydrogens (primary N) is 1. The van der Waals surface area contributed by atoms with Gasteiger partial charge in [-0.05, 0) is 12.3 Å². The normalized spacial score (nSPS) is 20.0. The van der Waals surface area contributed by atoms with Crippen molar-refractivity contribution in [2.75, 3.05) is 0 Å². The Hall–Kier alpha value is -0.900. The first-order valence-electron chi connectivity index (χ1n) is 7.06. The minimum absolute atomic E-state index is 0.0771. The highest BCUT2D eigenvalue weighted by atomic mass is 16.5. The van der Waals surface area contributed by atoms with Gasteiger partial charge in [0.15, 0.2) is 5.82 Å². The van der Waals surface area contributed by atoms with Gasteiger partial charge in [0.1, 0.15) is 0 Å². The van der Waals surface area contributed by atoms with Crippen molar-refractivity contribution >= 4 is 0 Å². The van der Waals surface area contributed by atoms with Crippen LogP contribution in [-0.4, -0.2) is 10.1 Å². The van der Waals surface area contributed by atoms with Crippen molar-refractivity contribution in [2.24, 2.45) is 11.7 Å². The third-order valence-electron chi connectivity index (χ3n) is 3.74. The monoisotopic (exact) mass is 251 g/mol. The highest BCUT2D eigenvalue weighted by Gasteiger charge is 2.25. The van der Waals surface area contributed by atoms with Crippen LogP contribution in [0.25, 0.3) is 0 Å². The molecule has 4 nitrogen and oxygen atoms in total. The van der Waals surface area contributed by atoms with Crippen LogP contribution in [0.3, 0.4) is 0 Å². The van der Waals surface area contributed by atoms with Crippen molar-refractivity contribution in [1.82, 2.24) is 10.1 Å². The summed E-state index contributed by atoms with van der Waals surface area (Å²) < 4.78 is 5.31. The highest BCUT2D eigenvalue weighted by Crippen LogP contribution is 2.31. The summed E-state index contributed by atoms with van der Waals surface area (Å²) in [5.41, 5.74) is 6.11. The summed E-state index contributed by atoms with van der Waals surface area (Å²) in [6.07, 6.45) is 7.64. The molecule has 1 fully saturated rings. The van der Waals surface area contributed by atoms with E-state index < -0.39 is 0 Å². The topological polar surface area (TPSA) is 64.9 Å². The van der Waals surface area contributed by atoms with Gasteiger partial charge in [0.25, 0.3) is 0 Å². The minimum atomic E-state index is -0.100. The Morgan fingerprint density at radius 2 is 1.94 bits per heavy atom. The van der Waals surface area contributed by atoms with E-state index in [1.165, 1.54) is 32.1 Å². The first kappa shape index (κ1) is 13.5. The molecular formula is C14H25N3O. The van der Waals surface area contributed by atoms with Crippen LogP contribution < -0.4 is 5.73 Å². The molecule has 1 aromatic heterocycles. The number of nitrogens with zero attached hydrogens (tertiary/aromatic N) is 2. The summed E-state index contributed by atoms with van der Waals surface area (Å²) in [4.78, 5) is 4.44. The van der Waals surface area contributed by atoms with Crippen LogP contribution >= 0.6 is 0 Å². The van der Waals surface area contributed by atoms with Crippen LogP contribution in [0.4, 0.5) is 0 Å². The summed E-state index contributed by atoms with van der Waals surface area (Å²) in [5, 5.41) is 4.04. The lowest BCUT2D eigenvalue weighted by molar-refractivity contribution is 0.282. The summed E-state index contributed by atoms with van der Waals surface area (Å²) in [6, 6.07) is -0.100. The SMILES string of the molecule is CC(C)(C)c1noc(C(N)CC2CCCCC2)n1. The number of hydrogen-bond acceptors (Lipinski definition) is 4. The quantitative estimate of drug-likeness (QED) is 0.894. The zero-order valence-corrected chi connectivity index (χ0v) is 11.8. The van der Waals surface area contributed by atoms with Crippen molar-refractivity contribution < 1.29 is 4.52 Å². The van der Waals surface area contributed by atoms with Crippen molar-refractivity contribution in [2.45, 2.75) is 70.8 Å². The van der Waals surface area contributed by atoms with E-state index in [2.05, 4.69) is 30.9 Å². The average molecular weight is 251 g/mol. The van der Waals surface area contributed by atoms with Crippen molar-refractivity contribution in [3.8, 4) is 0 Å². The molecule has 1 atom stereocenters. The number of rotatable bonds is 3. The Morgan fingerprint density at radius 1 is 1.28 bits per heavy atom. The lowest BCUT2D eigenvalue weighted by Crippen LogP contribution is -2.18. The fraction of sp³-hybridized carbons (Fsp3) is 0.857. The average Bonchev–Trinajstić information content (AvgIpc) is 2.79. The lowest BCUT2D eigenvalue weighted by atomic mass is 9.85. The zero-order valence-electron chi connectivity index (χ0n) is 11.8. The standard InChI is InChI=1S/C14H25N3O/c1-14(2,3)13-16-12(18-17-13)11(15)9-10-7-5-4-6-8-10/h10-11H,4-9,15H2,1-3H3. The van der Waals surface area contributed by atoms with Crippen LogP contribution in [0.15, 0.2) is 4.52 Å². The van der Waals surface area contributed by atoms with Crippen LogP contribution in [0.5, 0.6) is 0 Å². The minimum Gasteiger partial charge on any atom is -0.338 e. The van der Waals surface area contributed by atoms with Gasteiger partial charge in [0.05, 0.1) is 6.04 Å². The van der Waals surface area contributed by atoms with Gasteiger partial charge in [-0.15, -0.1) is 0 Å². The molecule has 18 heavy (non-hydrogen) atoms. The fourth-order valence-corrected chi connectivity index (χ4v) is 2.57. The van der Waals surface area contributed by atoms with Gasteiger partial charge in [-0.3, -0.25) is 0 Å². The van der Waals surface area contributed by atoms with Gasteiger partial charge in [0, 0.05) is 5.41 Å². The van der Waals surface area contributed by atoms with E-state index >= 15 is 0 Å². The number of hydrogen-bond donors (Lipinski definition) is 1. The molecule has 102 valence electrons. The third kappa shape index (κ3) is 3.31. The molecule has 1 aliphatic carbocycles. The van der Waals surface area contributed by atoms with Crippen LogP contribution in [0.2, 0.25) is 0 Å². The largest absolute Gasteiger partial charge is 0.338 e. The molecule has 1 heterocycles. The maximum atomic E-state index is 6.19. The summed E-state index contributed by atoms with van der Waals surface area (Å²) in [7, 11) is 0. The second-order valence-corrected chi connectivity index (χ2v) is 6.55. The third-order valence-corrected chi connectivity index (χ3v) is 3.74. The Morgan fingerprint density at radius 3 is 2.50 bits per heavy atom.